The van der Waals surface area contributed by atoms with Crippen LogP contribution < -0.4 is 5.32 Å². The molecule has 1 heterocycles. The maximum absolute atomic E-state index is 11.9. The van der Waals surface area contributed by atoms with Crippen LogP contribution in [0.15, 0.2) is 0 Å². The maximum Gasteiger partial charge on any atom is 0.471 e. The molecule has 1 aliphatic heterocycles. The van der Waals surface area contributed by atoms with Crippen molar-refractivity contribution in [2.75, 3.05) is 0 Å². The van der Waals surface area contributed by atoms with Crippen LogP contribution in [0, 0.1) is 0 Å². The number of rotatable bonds is 3. The van der Waals surface area contributed by atoms with Gasteiger partial charge in [0.2, 0.25) is 0 Å². The van der Waals surface area contributed by atoms with Crippen LogP contribution in [0.5, 0.6) is 0 Å². The number of carbonyl (C=O) groups excluding carboxylic acids is 4. The lowest BCUT2D eigenvalue weighted by Gasteiger charge is -2.17. The molecule has 0 saturated carbocycles. The van der Waals surface area contributed by atoms with Crippen molar-refractivity contribution in [2.45, 2.75) is 32.0 Å². The Balaban J connectivity index is 2.56. The lowest BCUT2D eigenvalue weighted by Crippen LogP contribution is -2.47. The third-order valence-electron chi connectivity index (χ3n) is 2.15. The smallest absolute Gasteiger partial charge is 0.335 e. The summed E-state index contributed by atoms with van der Waals surface area (Å²) in [5, 5.41) is 1.51. The second kappa shape index (κ2) is 5.24. The first-order valence-corrected chi connectivity index (χ1v) is 5.08. The van der Waals surface area contributed by atoms with E-state index in [1.54, 1.807) is 0 Å². The summed E-state index contributed by atoms with van der Waals surface area (Å²) in [7, 11) is 0. The number of nitrogens with one attached hydrogen (secondary N) is 1. The van der Waals surface area contributed by atoms with Crippen molar-refractivity contribution in [1.82, 2.24) is 10.4 Å². The van der Waals surface area contributed by atoms with Gasteiger partial charge in [-0.1, -0.05) is 0 Å². The number of hydrogen-bond acceptors (Lipinski definition) is 5. The highest BCUT2D eigenvalue weighted by molar-refractivity contribution is 6.02. The van der Waals surface area contributed by atoms with Gasteiger partial charge in [-0.05, 0) is 6.92 Å². The average Bonchev–Trinajstić information content (AvgIpc) is 2.59. The van der Waals surface area contributed by atoms with E-state index < -0.39 is 35.9 Å². The van der Waals surface area contributed by atoms with Crippen molar-refractivity contribution in [1.29, 1.82) is 0 Å². The molecular formula is C9H9F3N2O5. The topological polar surface area (TPSA) is 92.8 Å². The minimum atomic E-state index is -5.15. The molecule has 1 N–H and O–H groups in total. The number of imide groups is 1. The second-order valence-corrected chi connectivity index (χ2v) is 3.69. The highest BCUT2D eigenvalue weighted by Crippen LogP contribution is 2.15. The molecule has 0 aromatic heterocycles. The van der Waals surface area contributed by atoms with E-state index in [0.29, 0.717) is 0 Å². The van der Waals surface area contributed by atoms with Crippen LogP contribution in [-0.2, 0) is 24.0 Å². The van der Waals surface area contributed by atoms with Gasteiger partial charge < -0.3 is 10.2 Å². The number of nitrogens with zero attached hydrogens (tertiary/aromatic N) is 1. The van der Waals surface area contributed by atoms with Gasteiger partial charge in [-0.25, -0.2) is 4.79 Å². The molecular weight excluding hydrogens is 273 g/mol. The molecule has 7 nitrogen and oxygen atoms in total. The number of halogens is 3. The van der Waals surface area contributed by atoms with Crippen LogP contribution >= 0.6 is 0 Å². The SMILES string of the molecule is CC(NC(=O)C(F)(F)F)C(=O)ON1C(=O)CCC1=O. The average molecular weight is 282 g/mol. The fourth-order valence-electron chi connectivity index (χ4n) is 1.16. The number of amides is 3. The summed E-state index contributed by atoms with van der Waals surface area (Å²) in [6, 6.07) is -1.66. The van der Waals surface area contributed by atoms with E-state index in [2.05, 4.69) is 4.84 Å². The summed E-state index contributed by atoms with van der Waals surface area (Å²) in [5.74, 6) is -5.21. The third kappa shape index (κ3) is 3.66. The van der Waals surface area contributed by atoms with Crippen LogP contribution in [0.4, 0.5) is 13.2 Å². The zero-order chi connectivity index (χ0) is 14.8. The number of hydrogen-bond donors (Lipinski definition) is 1. The Morgan fingerprint density at radius 1 is 1.26 bits per heavy atom. The Bertz CT molecular complexity index is 418. The largest absolute Gasteiger partial charge is 0.471 e. The van der Waals surface area contributed by atoms with Gasteiger partial charge in [0.1, 0.15) is 6.04 Å². The monoisotopic (exact) mass is 282 g/mol. The van der Waals surface area contributed by atoms with E-state index in [1.165, 1.54) is 5.32 Å². The van der Waals surface area contributed by atoms with Gasteiger partial charge in [-0.2, -0.15) is 13.2 Å². The van der Waals surface area contributed by atoms with E-state index in [4.69, 9.17) is 0 Å². The molecule has 1 unspecified atom stereocenters. The quantitative estimate of drug-likeness (QED) is 0.715. The van der Waals surface area contributed by atoms with E-state index in [0.717, 1.165) is 6.92 Å². The molecule has 0 radical (unpaired) electrons. The molecule has 10 heteroatoms. The van der Waals surface area contributed by atoms with E-state index in [9.17, 15) is 32.3 Å². The van der Waals surface area contributed by atoms with Gasteiger partial charge in [0, 0.05) is 12.8 Å². The number of carbonyl (C=O) groups is 4. The van der Waals surface area contributed by atoms with Crippen molar-refractivity contribution < 1.29 is 37.2 Å². The molecule has 19 heavy (non-hydrogen) atoms. The van der Waals surface area contributed by atoms with E-state index >= 15 is 0 Å². The Labute approximate surface area is 104 Å². The maximum atomic E-state index is 11.9. The van der Waals surface area contributed by atoms with Crippen LogP contribution in [0.25, 0.3) is 0 Å². The lowest BCUT2D eigenvalue weighted by atomic mass is 10.3. The normalized spacial score (nSPS) is 17.4. The van der Waals surface area contributed by atoms with E-state index in [-0.39, 0.29) is 17.9 Å². The molecule has 106 valence electrons. The molecule has 3 amide bonds. The van der Waals surface area contributed by atoms with Gasteiger partial charge in [0.05, 0.1) is 0 Å². The standard InChI is InChI=1S/C9H9F3N2O5/c1-4(13-8(18)9(10,11)12)7(17)19-14-5(15)2-3-6(14)16/h4H,2-3H2,1H3,(H,13,18). The molecule has 0 spiro atoms. The summed E-state index contributed by atoms with van der Waals surface area (Å²) in [6.45, 7) is 0.928. The Kier molecular flexibility index (Phi) is 4.12. The zero-order valence-electron chi connectivity index (χ0n) is 9.61. The number of hydroxylamine groups is 2. The minimum Gasteiger partial charge on any atom is -0.335 e. The highest BCUT2D eigenvalue weighted by Gasteiger charge is 2.41. The first-order chi connectivity index (χ1) is 8.62. The molecule has 0 aromatic carbocycles. The molecule has 1 saturated heterocycles. The van der Waals surface area contributed by atoms with Gasteiger partial charge in [0.15, 0.2) is 0 Å². The molecule has 1 atom stereocenters. The van der Waals surface area contributed by atoms with Crippen LogP contribution in [0.3, 0.4) is 0 Å². The Hall–Kier alpha value is -2.13. The predicted octanol–water partition coefficient (Wildman–Crippen LogP) is -0.339. The summed E-state index contributed by atoms with van der Waals surface area (Å²) in [6.07, 6.45) is -5.43. The summed E-state index contributed by atoms with van der Waals surface area (Å²) >= 11 is 0. The number of alkyl halides is 3. The van der Waals surface area contributed by atoms with Crippen molar-refractivity contribution in [3.05, 3.63) is 0 Å². The fourth-order valence-corrected chi connectivity index (χ4v) is 1.16. The molecule has 0 bridgehead atoms. The van der Waals surface area contributed by atoms with Gasteiger partial charge in [0.25, 0.3) is 11.8 Å². The molecule has 0 aromatic rings. The van der Waals surface area contributed by atoms with Crippen molar-refractivity contribution in [3.8, 4) is 0 Å². The van der Waals surface area contributed by atoms with Crippen molar-refractivity contribution >= 4 is 23.7 Å². The summed E-state index contributed by atoms with van der Waals surface area (Å²) < 4.78 is 35.8. The highest BCUT2D eigenvalue weighted by atomic mass is 19.4. The molecule has 1 aliphatic rings. The first-order valence-electron chi connectivity index (χ1n) is 5.08. The third-order valence-corrected chi connectivity index (χ3v) is 2.15. The first kappa shape index (κ1) is 14.9. The van der Waals surface area contributed by atoms with Crippen molar-refractivity contribution in [2.24, 2.45) is 0 Å². The Morgan fingerprint density at radius 2 is 1.74 bits per heavy atom. The van der Waals surface area contributed by atoms with Crippen LogP contribution in [-0.4, -0.2) is 41.0 Å². The Morgan fingerprint density at radius 3 is 2.16 bits per heavy atom. The van der Waals surface area contributed by atoms with Gasteiger partial charge in [-0.3, -0.25) is 14.4 Å². The zero-order valence-corrected chi connectivity index (χ0v) is 9.61. The van der Waals surface area contributed by atoms with Crippen LogP contribution in [0.2, 0.25) is 0 Å². The van der Waals surface area contributed by atoms with E-state index in [1.807, 2.05) is 0 Å². The summed E-state index contributed by atoms with van der Waals surface area (Å²) in [4.78, 5) is 48.4. The molecule has 1 fully saturated rings. The van der Waals surface area contributed by atoms with Gasteiger partial charge >= 0.3 is 18.1 Å². The molecule has 1 rings (SSSR count). The van der Waals surface area contributed by atoms with Crippen molar-refractivity contribution in [3.63, 3.8) is 0 Å². The predicted molar refractivity (Wildman–Crippen MR) is 50.8 cm³/mol. The molecule has 0 aliphatic carbocycles. The lowest BCUT2D eigenvalue weighted by molar-refractivity contribution is -0.199. The fraction of sp³-hybridized carbons (Fsp3) is 0.556. The minimum absolute atomic E-state index is 0.143. The van der Waals surface area contributed by atoms with Gasteiger partial charge in [-0.15, -0.1) is 5.06 Å². The second-order valence-electron chi connectivity index (χ2n) is 3.69. The summed E-state index contributed by atoms with van der Waals surface area (Å²) in [5.41, 5.74) is 0. The van der Waals surface area contributed by atoms with Crippen LogP contribution in [0.1, 0.15) is 19.8 Å².